The minimum atomic E-state index is -0.153. The van der Waals surface area contributed by atoms with Crippen LogP contribution in [0.2, 0.25) is 0 Å². The fourth-order valence-corrected chi connectivity index (χ4v) is 5.28. The van der Waals surface area contributed by atoms with Crippen LogP contribution < -0.4 is 5.32 Å². The number of likely N-dealkylation sites (tertiary alicyclic amines) is 1. The molecule has 1 amide bonds. The number of fused-ring (bicyclic) bond motifs is 2. The molecule has 7 nitrogen and oxygen atoms in total. The lowest BCUT2D eigenvalue weighted by Crippen LogP contribution is -2.51. The largest absolute Gasteiger partial charge is 0.462 e. The second-order valence-corrected chi connectivity index (χ2v) is 8.73. The Morgan fingerprint density at radius 2 is 1.94 bits per heavy atom. The van der Waals surface area contributed by atoms with E-state index in [0.29, 0.717) is 25.4 Å². The summed E-state index contributed by atoms with van der Waals surface area (Å²) in [5, 5.41) is 12.5. The highest BCUT2D eigenvalue weighted by Crippen LogP contribution is 2.52. The second-order valence-electron chi connectivity index (χ2n) is 8.73. The highest BCUT2D eigenvalue weighted by Gasteiger charge is 2.54. The number of rotatable bonds is 9. The number of piperidine rings is 1. The van der Waals surface area contributed by atoms with Gasteiger partial charge in [-0.15, -0.1) is 0 Å². The molecule has 1 aliphatic carbocycles. The third kappa shape index (κ3) is 4.48. The monoisotopic (exact) mass is 442 g/mol. The Balaban J connectivity index is 1.56. The number of carbonyl (C=O) groups is 1. The maximum absolute atomic E-state index is 12.4. The van der Waals surface area contributed by atoms with Gasteiger partial charge in [0, 0.05) is 18.9 Å². The molecule has 32 heavy (non-hydrogen) atoms. The fraction of sp³-hybridized carbons (Fsp3) is 0.560. The third-order valence-electron chi connectivity index (χ3n) is 6.90. The number of aliphatic hydroxyl groups excluding tert-OH is 1. The zero-order valence-electron chi connectivity index (χ0n) is 19.0. The van der Waals surface area contributed by atoms with E-state index in [1.165, 1.54) is 11.1 Å². The number of methoxy groups -OCH3 is 1. The first-order chi connectivity index (χ1) is 15.6. The number of ether oxygens (including phenoxy) is 2. The highest BCUT2D eigenvalue weighted by molar-refractivity contribution is 5.76. The normalized spacial score (nSPS) is 22.2. The van der Waals surface area contributed by atoms with Gasteiger partial charge in [-0.3, -0.25) is 9.69 Å². The van der Waals surface area contributed by atoms with Gasteiger partial charge < -0.3 is 24.3 Å². The van der Waals surface area contributed by atoms with Gasteiger partial charge in [0.2, 0.25) is 5.91 Å². The van der Waals surface area contributed by atoms with Crippen molar-refractivity contribution in [2.45, 2.75) is 56.9 Å². The van der Waals surface area contributed by atoms with Crippen LogP contribution in [-0.4, -0.2) is 55.4 Å². The molecule has 7 heteroatoms. The van der Waals surface area contributed by atoms with Gasteiger partial charge in [-0.1, -0.05) is 31.2 Å². The molecule has 1 aliphatic heterocycles. The molecule has 1 spiro atoms. The molecule has 0 unspecified atom stereocenters. The summed E-state index contributed by atoms with van der Waals surface area (Å²) in [6.45, 7) is 5.35. The van der Waals surface area contributed by atoms with Crippen molar-refractivity contribution >= 4 is 5.91 Å². The zero-order valence-corrected chi connectivity index (χ0v) is 19.0. The standard InChI is InChI=1S/C25H34N2O5/c1-3-22(29)26-23-20-6-4-5-7-21(20)25(24(23)31-15-14-30-2)10-12-27(13-11-25)16-18-8-9-19(17-28)32-18/h4-9,23-24,28H,3,10-17H2,1-2H3,(H,26,29)/t23-,24+/m0/s1. The number of nitrogens with one attached hydrogen (secondary N) is 1. The van der Waals surface area contributed by atoms with Gasteiger partial charge in [0.05, 0.1) is 31.9 Å². The minimum absolute atomic E-state index is 0.0390. The van der Waals surface area contributed by atoms with E-state index in [-0.39, 0.29) is 30.1 Å². The third-order valence-corrected chi connectivity index (χ3v) is 6.90. The van der Waals surface area contributed by atoms with Crippen LogP contribution in [-0.2, 0) is 32.8 Å². The van der Waals surface area contributed by atoms with E-state index in [9.17, 15) is 9.90 Å². The summed E-state index contributed by atoms with van der Waals surface area (Å²) in [7, 11) is 1.67. The smallest absolute Gasteiger partial charge is 0.220 e. The van der Waals surface area contributed by atoms with Gasteiger partial charge in [-0.2, -0.15) is 0 Å². The maximum Gasteiger partial charge on any atom is 0.220 e. The highest BCUT2D eigenvalue weighted by atomic mass is 16.5. The number of nitrogens with zero attached hydrogens (tertiary/aromatic N) is 1. The number of carbonyl (C=O) groups excluding carboxylic acids is 1. The van der Waals surface area contributed by atoms with Crippen molar-refractivity contribution in [1.82, 2.24) is 10.2 Å². The minimum Gasteiger partial charge on any atom is -0.462 e. The zero-order chi connectivity index (χ0) is 22.6. The van der Waals surface area contributed by atoms with E-state index in [2.05, 4.69) is 28.4 Å². The summed E-state index contributed by atoms with van der Waals surface area (Å²) < 4.78 is 17.4. The Morgan fingerprint density at radius 3 is 2.62 bits per heavy atom. The summed E-state index contributed by atoms with van der Waals surface area (Å²) in [5.74, 6) is 1.51. The first kappa shape index (κ1) is 23.0. The van der Waals surface area contributed by atoms with Crippen LogP contribution in [0.4, 0.5) is 0 Å². The van der Waals surface area contributed by atoms with E-state index < -0.39 is 0 Å². The number of benzene rings is 1. The topological polar surface area (TPSA) is 84.2 Å². The molecular weight excluding hydrogens is 408 g/mol. The van der Waals surface area contributed by atoms with Gasteiger partial charge in [0.1, 0.15) is 18.1 Å². The fourth-order valence-electron chi connectivity index (χ4n) is 5.28. The number of hydrogen-bond donors (Lipinski definition) is 2. The average molecular weight is 443 g/mol. The summed E-state index contributed by atoms with van der Waals surface area (Å²) in [6, 6.07) is 12.1. The van der Waals surface area contributed by atoms with E-state index in [4.69, 9.17) is 13.9 Å². The quantitative estimate of drug-likeness (QED) is 0.581. The lowest BCUT2D eigenvalue weighted by atomic mass is 9.71. The number of amides is 1. The van der Waals surface area contributed by atoms with Crippen LogP contribution in [0.25, 0.3) is 0 Å². The molecule has 4 rings (SSSR count). The lowest BCUT2D eigenvalue weighted by Gasteiger charge is -2.44. The van der Waals surface area contributed by atoms with Crippen molar-refractivity contribution in [2.75, 3.05) is 33.4 Å². The molecule has 174 valence electrons. The van der Waals surface area contributed by atoms with Gasteiger partial charge in [0.15, 0.2) is 0 Å². The SMILES string of the molecule is CCC(=O)N[C@H]1c2ccccc2C2(CCN(Cc3ccc(CO)o3)CC2)[C@@H]1OCCOC. The number of aliphatic hydroxyl groups is 1. The molecule has 2 aliphatic rings. The summed E-state index contributed by atoms with van der Waals surface area (Å²) >= 11 is 0. The molecule has 0 radical (unpaired) electrons. The molecule has 2 atom stereocenters. The summed E-state index contributed by atoms with van der Waals surface area (Å²) in [6.07, 6.45) is 2.20. The number of furan rings is 1. The molecule has 2 heterocycles. The second kappa shape index (κ2) is 10.2. The van der Waals surface area contributed by atoms with E-state index in [1.54, 1.807) is 7.11 Å². The van der Waals surface area contributed by atoms with Crippen LogP contribution in [0.3, 0.4) is 0 Å². The Hall–Kier alpha value is -2.19. The maximum atomic E-state index is 12.4. The van der Waals surface area contributed by atoms with E-state index in [1.807, 2.05) is 25.1 Å². The van der Waals surface area contributed by atoms with E-state index in [0.717, 1.165) is 38.2 Å². The van der Waals surface area contributed by atoms with Gasteiger partial charge in [-0.05, 0) is 49.2 Å². The molecule has 1 aromatic carbocycles. The van der Waals surface area contributed by atoms with Crippen molar-refractivity contribution in [3.63, 3.8) is 0 Å². The lowest BCUT2D eigenvalue weighted by molar-refractivity contribution is -0.124. The van der Waals surface area contributed by atoms with Crippen LogP contribution in [0.15, 0.2) is 40.8 Å². The van der Waals surface area contributed by atoms with Crippen LogP contribution in [0.5, 0.6) is 0 Å². The van der Waals surface area contributed by atoms with E-state index >= 15 is 0 Å². The Labute approximate surface area is 189 Å². The van der Waals surface area contributed by atoms with Crippen molar-refractivity contribution in [2.24, 2.45) is 0 Å². The predicted molar refractivity (Wildman–Crippen MR) is 120 cm³/mol. The molecule has 1 saturated heterocycles. The Kier molecular flexibility index (Phi) is 7.30. The van der Waals surface area contributed by atoms with Crippen molar-refractivity contribution in [3.05, 3.63) is 59.0 Å². The average Bonchev–Trinajstić information content (AvgIpc) is 3.37. The van der Waals surface area contributed by atoms with Crippen LogP contribution in [0.1, 0.15) is 54.9 Å². The first-order valence-corrected chi connectivity index (χ1v) is 11.5. The molecule has 2 N–H and O–H groups in total. The Bertz CT molecular complexity index is 903. The molecule has 1 fully saturated rings. The number of hydrogen-bond acceptors (Lipinski definition) is 6. The van der Waals surface area contributed by atoms with Gasteiger partial charge in [0.25, 0.3) is 0 Å². The Morgan fingerprint density at radius 1 is 1.19 bits per heavy atom. The molecule has 2 aromatic rings. The van der Waals surface area contributed by atoms with Crippen LogP contribution >= 0.6 is 0 Å². The molecule has 1 aromatic heterocycles. The predicted octanol–water partition coefficient (Wildman–Crippen LogP) is 2.92. The van der Waals surface area contributed by atoms with Crippen LogP contribution in [0, 0.1) is 0 Å². The van der Waals surface area contributed by atoms with Crippen molar-refractivity contribution < 1.29 is 23.8 Å². The summed E-state index contributed by atoms with van der Waals surface area (Å²) in [4.78, 5) is 14.8. The molecular formula is C25H34N2O5. The van der Waals surface area contributed by atoms with Crippen molar-refractivity contribution in [3.8, 4) is 0 Å². The first-order valence-electron chi connectivity index (χ1n) is 11.5. The van der Waals surface area contributed by atoms with Gasteiger partial charge in [-0.25, -0.2) is 0 Å². The summed E-state index contributed by atoms with van der Waals surface area (Å²) in [5.41, 5.74) is 2.32. The molecule has 0 bridgehead atoms. The van der Waals surface area contributed by atoms with Crippen molar-refractivity contribution in [1.29, 1.82) is 0 Å². The van der Waals surface area contributed by atoms with Gasteiger partial charge >= 0.3 is 0 Å². The molecule has 0 saturated carbocycles.